The van der Waals surface area contributed by atoms with Crippen molar-refractivity contribution in [2.24, 2.45) is 0 Å². The Labute approximate surface area is 158 Å². The number of carbonyl (C=O) groups excluding carboxylic acids is 2. The number of para-hydroxylation sites is 2. The number of hydrogen-bond acceptors (Lipinski definition) is 3. The number of nitrogens with zero attached hydrogens (tertiary/aromatic N) is 1. The number of ether oxygens (including phenoxy) is 1. The highest BCUT2D eigenvalue weighted by Crippen LogP contribution is 2.29. The summed E-state index contributed by atoms with van der Waals surface area (Å²) < 4.78 is 5.44. The molecule has 0 spiro atoms. The molecule has 0 aromatic heterocycles. The van der Waals surface area contributed by atoms with Crippen LogP contribution in [0.3, 0.4) is 0 Å². The Morgan fingerprint density at radius 3 is 2.07 bits per heavy atom. The number of hydrogen-bond donors (Lipinski definition) is 0. The maximum atomic E-state index is 12.2. The summed E-state index contributed by atoms with van der Waals surface area (Å²) in [6.07, 6.45) is 2.35. The molecule has 3 rings (SSSR count). The quantitative estimate of drug-likeness (QED) is 0.384. The van der Waals surface area contributed by atoms with Gasteiger partial charge in [0.2, 0.25) is 0 Å². The minimum absolute atomic E-state index is 0.311. The zero-order valence-corrected chi connectivity index (χ0v) is 14.9. The van der Waals surface area contributed by atoms with E-state index in [2.05, 4.69) is 0 Å². The fourth-order valence-corrected chi connectivity index (χ4v) is 2.58. The van der Waals surface area contributed by atoms with E-state index in [0.717, 1.165) is 22.9 Å². The zero-order valence-electron chi connectivity index (χ0n) is 14.9. The molecule has 1 amide bonds. The fourth-order valence-electron chi connectivity index (χ4n) is 2.58. The van der Waals surface area contributed by atoms with Gasteiger partial charge >= 0.3 is 5.97 Å². The van der Waals surface area contributed by atoms with E-state index < -0.39 is 5.97 Å². The molecule has 27 heavy (non-hydrogen) atoms. The van der Waals surface area contributed by atoms with Crippen molar-refractivity contribution in [1.29, 1.82) is 0 Å². The molecule has 0 aliphatic heterocycles. The molecule has 0 fully saturated rings. The maximum Gasteiger partial charge on any atom is 0.336 e. The predicted octanol–water partition coefficient (Wildman–Crippen LogP) is 4.48. The Hall–Kier alpha value is -3.66. The molecule has 0 aliphatic rings. The van der Waals surface area contributed by atoms with Crippen LogP contribution in [-0.2, 0) is 9.59 Å². The Bertz CT molecular complexity index is 950. The minimum Gasteiger partial charge on any atom is -0.423 e. The normalized spacial score (nSPS) is 10.6. The summed E-state index contributed by atoms with van der Waals surface area (Å²) in [5.41, 5.74) is 2.51. The number of amides is 1. The van der Waals surface area contributed by atoms with Crippen LogP contribution >= 0.6 is 0 Å². The van der Waals surface area contributed by atoms with Gasteiger partial charge in [-0.2, -0.15) is 0 Å². The summed E-state index contributed by atoms with van der Waals surface area (Å²) in [4.78, 5) is 25.9. The van der Waals surface area contributed by atoms with Gasteiger partial charge < -0.3 is 9.64 Å². The van der Waals surface area contributed by atoms with Crippen LogP contribution in [0.4, 0.5) is 5.69 Å². The lowest BCUT2D eigenvalue weighted by molar-refractivity contribution is -0.129. The molecular weight excluding hydrogens is 338 g/mol. The van der Waals surface area contributed by atoms with E-state index in [4.69, 9.17) is 4.74 Å². The van der Waals surface area contributed by atoms with Crippen LogP contribution in [0.15, 0.2) is 97.1 Å². The molecule has 3 aromatic rings. The largest absolute Gasteiger partial charge is 0.423 e. The second-order valence-corrected chi connectivity index (χ2v) is 5.85. The molecule has 0 aliphatic carbocycles. The van der Waals surface area contributed by atoms with E-state index in [-0.39, 0.29) is 5.91 Å². The van der Waals surface area contributed by atoms with Gasteiger partial charge in [0, 0.05) is 30.5 Å². The predicted molar refractivity (Wildman–Crippen MR) is 107 cm³/mol. The van der Waals surface area contributed by atoms with Crippen LogP contribution in [-0.4, -0.2) is 18.9 Å². The van der Waals surface area contributed by atoms with Gasteiger partial charge in [0.05, 0.1) is 0 Å². The van der Waals surface area contributed by atoms with E-state index in [1.165, 1.54) is 11.0 Å². The third-order valence-corrected chi connectivity index (χ3v) is 4.02. The third-order valence-electron chi connectivity index (χ3n) is 4.02. The Morgan fingerprint density at radius 2 is 1.37 bits per heavy atom. The smallest absolute Gasteiger partial charge is 0.336 e. The molecule has 0 radical (unpaired) electrons. The lowest BCUT2D eigenvalue weighted by atomic mass is 10.1. The Kier molecular flexibility index (Phi) is 5.80. The molecule has 3 aromatic carbocycles. The first-order chi connectivity index (χ1) is 13.1. The topological polar surface area (TPSA) is 46.6 Å². The van der Waals surface area contributed by atoms with Crippen molar-refractivity contribution in [3.8, 4) is 16.9 Å². The van der Waals surface area contributed by atoms with Crippen LogP contribution < -0.4 is 9.64 Å². The van der Waals surface area contributed by atoms with Gasteiger partial charge in [-0.25, -0.2) is 4.79 Å². The summed E-state index contributed by atoms with van der Waals surface area (Å²) in [6.45, 7) is 0. The van der Waals surface area contributed by atoms with Crippen LogP contribution in [0.25, 0.3) is 11.1 Å². The van der Waals surface area contributed by atoms with E-state index in [9.17, 15) is 9.59 Å². The molecule has 0 heterocycles. The van der Waals surface area contributed by atoms with Crippen molar-refractivity contribution in [3.05, 3.63) is 97.1 Å². The summed E-state index contributed by atoms with van der Waals surface area (Å²) in [7, 11) is 1.65. The molecule has 0 N–H and O–H groups in total. The highest BCUT2D eigenvalue weighted by atomic mass is 16.5. The van der Waals surface area contributed by atoms with Crippen molar-refractivity contribution in [1.82, 2.24) is 0 Å². The Morgan fingerprint density at radius 1 is 0.778 bits per heavy atom. The van der Waals surface area contributed by atoms with Crippen molar-refractivity contribution in [3.63, 3.8) is 0 Å². The molecule has 4 heteroatoms. The van der Waals surface area contributed by atoms with E-state index in [0.29, 0.717) is 5.75 Å². The molecule has 0 bridgehead atoms. The number of benzene rings is 3. The highest BCUT2D eigenvalue weighted by molar-refractivity contribution is 6.04. The molecule has 134 valence electrons. The first-order valence-electron chi connectivity index (χ1n) is 8.52. The van der Waals surface area contributed by atoms with Crippen LogP contribution in [0, 0.1) is 0 Å². The van der Waals surface area contributed by atoms with Gasteiger partial charge in [-0.1, -0.05) is 66.7 Å². The third kappa shape index (κ3) is 4.70. The summed E-state index contributed by atoms with van der Waals surface area (Å²) in [5.74, 6) is -0.468. The van der Waals surface area contributed by atoms with Crippen molar-refractivity contribution >= 4 is 17.6 Å². The van der Waals surface area contributed by atoms with Crippen LogP contribution in [0.5, 0.6) is 5.75 Å². The second-order valence-electron chi connectivity index (χ2n) is 5.85. The monoisotopic (exact) mass is 357 g/mol. The summed E-state index contributed by atoms with van der Waals surface area (Å²) in [5, 5.41) is 0. The number of carbonyl (C=O) groups is 2. The van der Waals surface area contributed by atoms with Gasteiger partial charge in [-0.3, -0.25) is 4.79 Å². The lowest BCUT2D eigenvalue weighted by Gasteiger charge is -2.14. The lowest BCUT2D eigenvalue weighted by Crippen LogP contribution is -2.24. The van der Waals surface area contributed by atoms with Gasteiger partial charge in [-0.15, -0.1) is 0 Å². The molecule has 0 saturated heterocycles. The van der Waals surface area contributed by atoms with Crippen LogP contribution in [0.1, 0.15) is 0 Å². The molecule has 0 saturated carbocycles. The highest BCUT2D eigenvalue weighted by Gasteiger charge is 2.10. The van der Waals surface area contributed by atoms with Crippen molar-refractivity contribution in [2.75, 3.05) is 11.9 Å². The second kappa shape index (κ2) is 8.63. The number of anilines is 1. The Balaban J connectivity index is 1.70. The number of likely N-dealkylation sites (N-methyl/N-ethyl adjacent to an activating group) is 1. The zero-order chi connectivity index (χ0) is 19.1. The van der Waals surface area contributed by atoms with Gasteiger partial charge in [0.1, 0.15) is 5.75 Å². The van der Waals surface area contributed by atoms with E-state index in [1.54, 1.807) is 19.2 Å². The van der Waals surface area contributed by atoms with Crippen LogP contribution in [0.2, 0.25) is 0 Å². The van der Waals surface area contributed by atoms with E-state index >= 15 is 0 Å². The molecule has 0 atom stereocenters. The summed E-state index contributed by atoms with van der Waals surface area (Å²) >= 11 is 0. The fraction of sp³-hybridized carbons (Fsp3) is 0.0435. The maximum absolute atomic E-state index is 12.2. The average Bonchev–Trinajstić information content (AvgIpc) is 2.73. The molecule has 4 nitrogen and oxygen atoms in total. The van der Waals surface area contributed by atoms with Gasteiger partial charge in [-0.05, 0) is 23.8 Å². The van der Waals surface area contributed by atoms with Gasteiger partial charge in [0.15, 0.2) is 0 Å². The average molecular weight is 357 g/mol. The standard InChI is InChI=1S/C23H19NO3/c1-24(19-12-6-3-7-13-19)22(25)16-17-23(26)27-21-15-9-8-14-20(21)18-10-4-2-5-11-18/h2-17H,1H3/b17-16+. The number of rotatable bonds is 5. The van der Waals surface area contributed by atoms with Crippen molar-refractivity contribution in [2.45, 2.75) is 0 Å². The number of esters is 1. The molecule has 0 unspecified atom stereocenters. The SMILES string of the molecule is CN(C(=O)/C=C/C(=O)Oc1ccccc1-c1ccccc1)c1ccccc1. The van der Waals surface area contributed by atoms with E-state index in [1.807, 2.05) is 72.8 Å². The summed E-state index contributed by atoms with van der Waals surface area (Å²) in [6, 6.07) is 26.2. The first kappa shape index (κ1) is 18.1. The molecular formula is C23H19NO3. The first-order valence-corrected chi connectivity index (χ1v) is 8.52. The van der Waals surface area contributed by atoms with Crippen molar-refractivity contribution < 1.29 is 14.3 Å². The minimum atomic E-state index is -0.604. The van der Waals surface area contributed by atoms with Gasteiger partial charge in [0.25, 0.3) is 5.91 Å².